The average molecular weight is 401 g/mol. The zero-order valence-electron chi connectivity index (χ0n) is 15.4. The quantitative estimate of drug-likeness (QED) is 0.608. The van der Waals surface area contributed by atoms with E-state index in [0.29, 0.717) is 28.6 Å². The van der Waals surface area contributed by atoms with E-state index in [2.05, 4.69) is 10.3 Å². The summed E-state index contributed by atoms with van der Waals surface area (Å²) in [6.07, 6.45) is 0. The molecule has 0 radical (unpaired) electrons. The van der Waals surface area contributed by atoms with Gasteiger partial charge in [-0.05, 0) is 38.1 Å². The number of nitrogens with zero attached hydrogens (tertiary/aromatic N) is 2. The lowest BCUT2D eigenvalue weighted by molar-refractivity contribution is -0.143. The van der Waals surface area contributed by atoms with E-state index < -0.39 is 11.9 Å². The monoisotopic (exact) mass is 401 g/mol. The van der Waals surface area contributed by atoms with Gasteiger partial charge in [-0.25, -0.2) is 4.98 Å². The first-order chi connectivity index (χ1) is 13.5. The number of thiazole rings is 1. The first-order valence-corrected chi connectivity index (χ1v) is 9.49. The lowest BCUT2D eigenvalue weighted by atomic mass is 10.2. The molecule has 0 saturated heterocycles. The highest BCUT2D eigenvalue weighted by molar-refractivity contribution is 7.15. The molecule has 0 unspecified atom stereocenters. The maximum Gasteiger partial charge on any atom is 0.325 e. The van der Waals surface area contributed by atoms with Gasteiger partial charge in [0, 0.05) is 22.7 Å². The van der Waals surface area contributed by atoms with Gasteiger partial charge in [0.2, 0.25) is 0 Å². The number of fused-ring (bicyclic) bond motifs is 1. The molecule has 1 aromatic carbocycles. The molecule has 146 valence electrons. The van der Waals surface area contributed by atoms with Crippen LogP contribution in [0.3, 0.4) is 0 Å². The summed E-state index contributed by atoms with van der Waals surface area (Å²) in [5.41, 5.74) is 1.35. The fourth-order valence-corrected chi connectivity index (χ4v) is 3.39. The molecule has 2 heterocycles. The molecular formula is C19H19N3O5S. The SMILES string of the molecule is CCOc1ccc(C(=O)NCC(=O)OCc2cc(=O)n3c(C)csc3n2)cc1. The highest BCUT2D eigenvalue weighted by Crippen LogP contribution is 2.13. The van der Waals surface area contributed by atoms with Gasteiger partial charge in [0.1, 0.15) is 18.9 Å². The van der Waals surface area contributed by atoms with Crippen LogP contribution in [-0.4, -0.2) is 34.4 Å². The number of aryl methyl sites for hydroxylation is 1. The van der Waals surface area contributed by atoms with Gasteiger partial charge in [0.05, 0.1) is 12.3 Å². The van der Waals surface area contributed by atoms with Gasteiger partial charge < -0.3 is 14.8 Å². The Hall–Kier alpha value is -3.20. The molecule has 0 aliphatic heterocycles. The lowest BCUT2D eigenvalue weighted by Crippen LogP contribution is -2.30. The number of rotatable bonds is 7. The summed E-state index contributed by atoms with van der Waals surface area (Å²) in [7, 11) is 0. The minimum absolute atomic E-state index is 0.138. The van der Waals surface area contributed by atoms with Crippen LogP contribution >= 0.6 is 11.3 Å². The molecule has 0 saturated carbocycles. The minimum Gasteiger partial charge on any atom is -0.494 e. The number of nitrogens with one attached hydrogen (secondary N) is 1. The molecule has 3 rings (SSSR count). The standard InChI is InChI=1S/C19H19N3O5S/c1-3-26-15-6-4-13(5-7-15)18(25)20-9-17(24)27-10-14-8-16(23)22-12(2)11-28-19(22)21-14/h4-8,11H,3,9-10H2,1-2H3,(H,20,25). The van der Waals surface area contributed by atoms with Crippen molar-refractivity contribution in [3.8, 4) is 5.75 Å². The van der Waals surface area contributed by atoms with Gasteiger partial charge in [0.25, 0.3) is 11.5 Å². The van der Waals surface area contributed by atoms with E-state index >= 15 is 0 Å². The zero-order chi connectivity index (χ0) is 20.1. The van der Waals surface area contributed by atoms with E-state index in [-0.39, 0.29) is 18.7 Å². The van der Waals surface area contributed by atoms with Gasteiger partial charge in [-0.15, -0.1) is 11.3 Å². The third-order valence-corrected chi connectivity index (χ3v) is 4.77. The van der Waals surface area contributed by atoms with Crippen LogP contribution in [0, 0.1) is 6.92 Å². The van der Waals surface area contributed by atoms with Gasteiger partial charge in [0.15, 0.2) is 4.96 Å². The summed E-state index contributed by atoms with van der Waals surface area (Å²) in [5.74, 6) is -0.352. The van der Waals surface area contributed by atoms with Crippen LogP contribution in [0.4, 0.5) is 0 Å². The number of amides is 1. The molecular weight excluding hydrogens is 382 g/mol. The molecule has 1 N–H and O–H groups in total. The van der Waals surface area contributed by atoms with Gasteiger partial charge >= 0.3 is 5.97 Å². The second-order valence-corrected chi connectivity index (χ2v) is 6.72. The Morgan fingerprint density at radius 2 is 2.00 bits per heavy atom. The van der Waals surface area contributed by atoms with Gasteiger partial charge in [-0.1, -0.05) is 0 Å². The highest BCUT2D eigenvalue weighted by Gasteiger charge is 2.11. The van der Waals surface area contributed by atoms with Crippen molar-refractivity contribution in [1.29, 1.82) is 0 Å². The van der Waals surface area contributed by atoms with Crippen molar-refractivity contribution >= 4 is 28.2 Å². The van der Waals surface area contributed by atoms with Crippen LogP contribution in [-0.2, 0) is 16.1 Å². The molecule has 0 aliphatic carbocycles. The summed E-state index contributed by atoms with van der Waals surface area (Å²) in [6, 6.07) is 7.92. The number of hydrogen-bond donors (Lipinski definition) is 1. The molecule has 28 heavy (non-hydrogen) atoms. The molecule has 0 bridgehead atoms. The van der Waals surface area contributed by atoms with Crippen LogP contribution in [0.5, 0.6) is 5.75 Å². The number of aromatic nitrogens is 2. The predicted octanol–water partition coefficient (Wildman–Crippen LogP) is 1.94. The fourth-order valence-electron chi connectivity index (χ4n) is 2.50. The third kappa shape index (κ3) is 4.55. The van der Waals surface area contributed by atoms with Crippen LogP contribution in [0.1, 0.15) is 28.7 Å². The van der Waals surface area contributed by atoms with Crippen molar-refractivity contribution in [2.24, 2.45) is 0 Å². The summed E-state index contributed by atoms with van der Waals surface area (Å²) in [5, 5.41) is 4.32. The second kappa shape index (κ2) is 8.66. The molecule has 3 aromatic rings. The number of ether oxygens (including phenoxy) is 2. The van der Waals surface area contributed by atoms with Crippen molar-refractivity contribution in [3.05, 3.63) is 63.0 Å². The Kier molecular flexibility index (Phi) is 6.05. The normalized spacial score (nSPS) is 10.6. The van der Waals surface area contributed by atoms with Crippen LogP contribution in [0.15, 0.2) is 40.5 Å². The molecule has 8 nitrogen and oxygen atoms in total. The largest absolute Gasteiger partial charge is 0.494 e. The Bertz CT molecular complexity index is 1060. The van der Waals surface area contributed by atoms with Gasteiger partial charge in [-0.2, -0.15) is 0 Å². The number of carbonyl (C=O) groups is 2. The first kappa shape index (κ1) is 19.6. The van der Waals surface area contributed by atoms with Crippen molar-refractivity contribution in [1.82, 2.24) is 14.7 Å². The number of hydrogen-bond acceptors (Lipinski definition) is 7. The Labute approximate surface area is 164 Å². The topological polar surface area (TPSA) is 99.0 Å². The third-order valence-electron chi connectivity index (χ3n) is 3.83. The van der Waals surface area contributed by atoms with Crippen LogP contribution in [0.2, 0.25) is 0 Å². The van der Waals surface area contributed by atoms with E-state index in [1.54, 1.807) is 24.3 Å². The Balaban J connectivity index is 1.51. The highest BCUT2D eigenvalue weighted by atomic mass is 32.1. The van der Waals surface area contributed by atoms with Crippen molar-refractivity contribution in [2.75, 3.05) is 13.2 Å². The molecule has 0 aliphatic rings. The van der Waals surface area contributed by atoms with E-state index in [1.165, 1.54) is 21.8 Å². The summed E-state index contributed by atoms with van der Waals surface area (Å²) in [6.45, 7) is 3.81. The lowest BCUT2D eigenvalue weighted by Gasteiger charge is -2.07. The maximum absolute atomic E-state index is 12.1. The summed E-state index contributed by atoms with van der Waals surface area (Å²) in [4.78, 5) is 40.9. The van der Waals surface area contributed by atoms with E-state index in [4.69, 9.17) is 9.47 Å². The van der Waals surface area contributed by atoms with Crippen LogP contribution in [0.25, 0.3) is 4.96 Å². The predicted molar refractivity (Wildman–Crippen MR) is 104 cm³/mol. The molecule has 2 aromatic heterocycles. The van der Waals surface area contributed by atoms with Gasteiger partial charge in [-0.3, -0.25) is 18.8 Å². The zero-order valence-corrected chi connectivity index (χ0v) is 16.2. The minimum atomic E-state index is -0.622. The molecule has 0 spiro atoms. The number of carbonyl (C=O) groups excluding carboxylic acids is 2. The van der Waals surface area contributed by atoms with Crippen LogP contribution < -0.4 is 15.6 Å². The first-order valence-electron chi connectivity index (χ1n) is 8.61. The van der Waals surface area contributed by atoms with E-state index in [9.17, 15) is 14.4 Å². The Morgan fingerprint density at radius 1 is 1.25 bits per heavy atom. The summed E-state index contributed by atoms with van der Waals surface area (Å²) < 4.78 is 11.9. The number of esters is 1. The molecule has 0 atom stereocenters. The smallest absolute Gasteiger partial charge is 0.325 e. The van der Waals surface area contributed by atoms with E-state index in [0.717, 1.165) is 5.69 Å². The fraction of sp³-hybridized carbons (Fsp3) is 0.263. The molecule has 9 heteroatoms. The van der Waals surface area contributed by atoms with Crippen molar-refractivity contribution < 1.29 is 19.1 Å². The Morgan fingerprint density at radius 3 is 2.71 bits per heavy atom. The second-order valence-electron chi connectivity index (χ2n) is 5.88. The number of benzene rings is 1. The van der Waals surface area contributed by atoms with E-state index in [1.807, 2.05) is 19.2 Å². The maximum atomic E-state index is 12.1. The average Bonchev–Trinajstić information content (AvgIpc) is 3.06. The molecule has 1 amide bonds. The van der Waals surface area contributed by atoms with Crippen molar-refractivity contribution in [3.63, 3.8) is 0 Å². The van der Waals surface area contributed by atoms with Crippen molar-refractivity contribution in [2.45, 2.75) is 20.5 Å². The molecule has 0 fully saturated rings. The summed E-state index contributed by atoms with van der Waals surface area (Å²) >= 11 is 1.34.